The second-order valence-electron chi connectivity index (χ2n) is 7.10. The molecule has 0 saturated carbocycles. The van der Waals surface area contributed by atoms with Crippen LogP contribution in [0.1, 0.15) is 41.8 Å². The topological polar surface area (TPSA) is 105 Å². The number of fused-ring (bicyclic) bond motifs is 1. The molecule has 160 valence electrons. The highest BCUT2D eigenvalue weighted by molar-refractivity contribution is 7.17. The third-order valence-corrected chi connectivity index (χ3v) is 5.93. The second-order valence-corrected chi connectivity index (χ2v) is 7.98. The predicted octanol–water partition coefficient (Wildman–Crippen LogP) is 3.75. The van der Waals surface area contributed by atoms with E-state index in [0.29, 0.717) is 24.1 Å². The van der Waals surface area contributed by atoms with Gasteiger partial charge in [0.05, 0.1) is 34.8 Å². The van der Waals surface area contributed by atoms with Crippen molar-refractivity contribution in [2.75, 3.05) is 12.4 Å². The number of anilines is 1. The predicted molar refractivity (Wildman–Crippen MR) is 121 cm³/mol. The first-order chi connectivity index (χ1) is 15.0. The molecule has 0 spiro atoms. The summed E-state index contributed by atoms with van der Waals surface area (Å²) in [5.74, 6) is 0.976. The van der Waals surface area contributed by atoms with Gasteiger partial charge in [-0.2, -0.15) is 0 Å². The molecule has 0 bridgehead atoms. The summed E-state index contributed by atoms with van der Waals surface area (Å²) < 4.78 is 6.02. The molecule has 0 aromatic carbocycles. The standard InChI is InChI=1S/C22H24N6O2S/c1-13-12-31-20-18(13)27-22(25-14(2)16-8-4-5-10-23-16)28-19(20)21(29)24-11-15-7-6-9-17(26-15)30-3/h4-10,12,14,21,24,29H,11H2,1-3H3,(H,25,27,28)/t14-,21?/m0/s1. The Morgan fingerprint density at radius 1 is 1.13 bits per heavy atom. The fourth-order valence-corrected chi connectivity index (χ4v) is 4.17. The SMILES string of the molecule is COc1cccc(CNC(O)c2nc(N[C@@H](C)c3ccccn3)nc3c(C)csc23)n1. The van der Waals surface area contributed by atoms with Crippen molar-refractivity contribution in [1.82, 2.24) is 25.3 Å². The lowest BCUT2D eigenvalue weighted by molar-refractivity contribution is 0.134. The van der Waals surface area contributed by atoms with Gasteiger partial charge in [0.25, 0.3) is 0 Å². The molecule has 4 heterocycles. The van der Waals surface area contributed by atoms with Crippen LogP contribution in [0.5, 0.6) is 5.88 Å². The molecule has 4 aromatic rings. The third kappa shape index (κ3) is 4.79. The largest absolute Gasteiger partial charge is 0.481 e. The lowest BCUT2D eigenvalue weighted by Crippen LogP contribution is -2.23. The molecule has 0 saturated heterocycles. The average Bonchev–Trinajstić information content (AvgIpc) is 3.18. The van der Waals surface area contributed by atoms with Crippen molar-refractivity contribution in [3.63, 3.8) is 0 Å². The van der Waals surface area contributed by atoms with Gasteiger partial charge < -0.3 is 15.2 Å². The van der Waals surface area contributed by atoms with Crippen LogP contribution in [0.15, 0.2) is 48.0 Å². The van der Waals surface area contributed by atoms with Crippen molar-refractivity contribution in [3.05, 3.63) is 70.6 Å². The van der Waals surface area contributed by atoms with E-state index in [1.165, 1.54) is 11.3 Å². The van der Waals surface area contributed by atoms with E-state index in [-0.39, 0.29) is 6.04 Å². The number of methoxy groups -OCH3 is 1. The Morgan fingerprint density at radius 2 is 2.00 bits per heavy atom. The Hall–Kier alpha value is -3.14. The maximum atomic E-state index is 10.9. The summed E-state index contributed by atoms with van der Waals surface area (Å²) in [7, 11) is 1.58. The molecule has 2 atom stereocenters. The van der Waals surface area contributed by atoms with Crippen LogP contribution in [0.2, 0.25) is 0 Å². The van der Waals surface area contributed by atoms with E-state index in [2.05, 4.69) is 30.6 Å². The summed E-state index contributed by atoms with van der Waals surface area (Å²) in [5, 5.41) is 19.3. The van der Waals surface area contributed by atoms with Gasteiger partial charge in [-0.15, -0.1) is 11.3 Å². The maximum Gasteiger partial charge on any atom is 0.224 e. The molecule has 0 amide bonds. The number of nitrogens with zero attached hydrogens (tertiary/aromatic N) is 4. The smallest absolute Gasteiger partial charge is 0.224 e. The normalized spacial score (nSPS) is 13.2. The summed E-state index contributed by atoms with van der Waals surface area (Å²) in [4.78, 5) is 18.1. The van der Waals surface area contributed by atoms with Crippen LogP contribution in [0.25, 0.3) is 10.2 Å². The fourth-order valence-electron chi connectivity index (χ4n) is 3.17. The van der Waals surface area contributed by atoms with Crippen molar-refractivity contribution in [2.24, 2.45) is 0 Å². The second kappa shape index (κ2) is 9.34. The summed E-state index contributed by atoms with van der Waals surface area (Å²) in [6.07, 6.45) is 0.772. The van der Waals surface area contributed by atoms with E-state index in [9.17, 15) is 5.11 Å². The first-order valence-corrected chi connectivity index (χ1v) is 10.8. The molecule has 1 unspecified atom stereocenters. The van der Waals surface area contributed by atoms with E-state index in [0.717, 1.165) is 27.2 Å². The lowest BCUT2D eigenvalue weighted by Gasteiger charge is -2.17. The zero-order chi connectivity index (χ0) is 21.8. The number of thiophene rings is 1. The molecule has 0 fully saturated rings. The van der Waals surface area contributed by atoms with Gasteiger partial charge in [0.1, 0.15) is 11.9 Å². The van der Waals surface area contributed by atoms with E-state index in [1.54, 1.807) is 19.4 Å². The van der Waals surface area contributed by atoms with Crippen LogP contribution < -0.4 is 15.4 Å². The van der Waals surface area contributed by atoms with Crippen LogP contribution in [0.3, 0.4) is 0 Å². The van der Waals surface area contributed by atoms with Gasteiger partial charge >= 0.3 is 0 Å². The monoisotopic (exact) mass is 436 g/mol. The molecular formula is C22H24N6O2S. The number of aromatic nitrogens is 4. The number of pyridine rings is 2. The number of hydrogen-bond acceptors (Lipinski definition) is 9. The minimum absolute atomic E-state index is 0.0865. The fraction of sp³-hybridized carbons (Fsp3) is 0.273. The Morgan fingerprint density at radius 3 is 2.77 bits per heavy atom. The highest BCUT2D eigenvalue weighted by Crippen LogP contribution is 2.31. The average molecular weight is 437 g/mol. The molecule has 4 aromatic heterocycles. The van der Waals surface area contributed by atoms with Gasteiger partial charge in [-0.3, -0.25) is 10.3 Å². The summed E-state index contributed by atoms with van der Waals surface area (Å²) in [5.41, 5.74) is 4.04. The minimum Gasteiger partial charge on any atom is -0.481 e. The van der Waals surface area contributed by atoms with Crippen LogP contribution in [-0.4, -0.2) is 32.2 Å². The number of aliphatic hydroxyl groups excluding tert-OH is 1. The van der Waals surface area contributed by atoms with Crippen molar-refractivity contribution in [1.29, 1.82) is 0 Å². The molecule has 8 nitrogen and oxygen atoms in total. The highest BCUT2D eigenvalue weighted by Gasteiger charge is 2.19. The maximum absolute atomic E-state index is 10.9. The van der Waals surface area contributed by atoms with Crippen molar-refractivity contribution in [2.45, 2.75) is 32.7 Å². The molecule has 4 rings (SSSR count). The van der Waals surface area contributed by atoms with Gasteiger partial charge in [0.15, 0.2) is 0 Å². The van der Waals surface area contributed by atoms with Crippen LogP contribution >= 0.6 is 11.3 Å². The first-order valence-electron chi connectivity index (χ1n) is 9.89. The van der Waals surface area contributed by atoms with Gasteiger partial charge in [-0.1, -0.05) is 12.1 Å². The molecule has 0 radical (unpaired) electrons. The van der Waals surface area contributed by atoms with Gasteiger partial charge in [0, 0.05) is 18.8 Å². The molecular weight excluding hydrogens is 412 g/mol. The first kappa shape index (κ1) is 21.1. The third-order valence-electron chi connectivity index (χ3n) is 4.82. The number of rotatable bonds is 8. The number of ether oxygens (including phenoxy) is 1. The molecule has 31 heavy (non-hydrogen) atoms. The zero-order valence-corrected chi connectivity index (χ0v) is 18.3. The molecule has 0 aliphatic heterocycles. The molecule has 0 aliphatic carbocycles. The highest BCUT2D eigenvalue weighted by atomic mass is 32.1. The van der Waals surface area contributed by atoms with Gasteiger partial charge in [-0.05, 0) is 43.0 Å². The van der Waals surface area contributed by atoms with Crippen LogP contribution in [0, 0.1) is 6.92 Å². The number of hydrogen-bond donors (Lipinski definition) is 3. The van der Waals surface area contributed by atoms with Crippen LogP contribution in [-0.2, 0) is 6.54 Å². The Kier molecular flexibility index (Phi) is 6.36. The van der Waals surface area contributed by atoms with Crippen LogP contribution in [0.4, 0.5) is 5.95 Å². The Labute approximate surface area is 184 Å². The van der Waals surface area contributed by atoms with Gasteiger partial charge in [0.2, 0.25) is 11.8 Å². The molecule has 3 N–H and O–H groups in total. The van der Waals surface area contributed by atoms with E-state index >= 15 is 0 Å². The van der Waals surface area contributed by atoms with E-state index < -0.39 is 6.23 Å². The summed E-state index contributed by atoms with van der Waals surface area (Å²) in [6.45, 7) is 4.36. The lowest BCUT2D eigenvalue weighted by atomic mass is 10.2. The minimum atomic E-state index is -0.984. The van der Waals surface area contributed by atoms with E-state index in [4.69, 9.17) is 4.74 Å². The van der Waals surface area contributed by atoms with Crippen molar-refractivity contribution < 1.29 is 9.84 Å². The van der Waals surface area contributed by atoms with E-state index in [1.807, 2.05) is 49.6 Å². The Bertz CT molecular complexity index is 1170. The number of nitrogens with one attached hydrogen (secondary N) is 2. The summed E-state index contributed by atoms with van der Waals surface area (Å²) >= 11 is 1.52. The van der Waals surface area contributed by atoms with Crippen molar-refractivity contribution in [3.8, 4) is 5.88 Å². The number of aliphatic hydroxyl groups is 1. The zero-order valence-electron chi connectivity index (χ0n) is 17.5. The number of aryl methyl sites for hydroxylation is 1. The molecule has 0 aliphatic rings. The summed E-state index contributed by atoms with van der Waals surface area (Å²) in [6, 6.07) is 11.2. The van der Waals surface area contributed by atoms with Crippen molar-refractivity contribution >= 4 is 27.5 Å². The van der Waals surface area contributed by atoms with Gasteiger partial charge in [-0.25, -0.2) is 15.0 Å². The molecule has 9 heteroatoms. The quantitative estimate of drug-likeness (QED) is 0.359. The Balaban J connectivity index is 1.58.